The molecule has 0 aromatic carbocycles. The van der Waals surface area contributed by atoms with Crippen LogP contribution < -0.4 is 5.32 Å². The molecule has 2 aliphatic rings. The van der Waals surface area contributed by atoms with Gasteiger partial charge in [0, 0.05) is 19.0 Å². The second-order valence-electron chi connectivity index (χ2n) is 4.73. The van der Waals surface area contributed by atoms with Gasteiger partial charge in [0.15, 0.2) is 0 Å². The predicted octanol–water partition coefficient (Wildman–Crippen LogP) is 0.572. The molecule has 2 unspecified atom stereocenters. The lowest BCUT2D eigenvalue weighted by Gasteiger charge is -2.26. The minimum Gasteiger partial charge on any atom is -0.481 e. The van der Waals surface area contributed by atoms with Crippen molar-refractivity contribution in [1.29, 1.82) is 0 Å². The van der Waals surface area contributed by atoms with E-state index in [1.165, 1.54) is 6.42 Å². The van der Waals surface area contributed by atoms with Crippen molar-refractivity contribution in [2.45, 2.75) is 38.1 Å². The van der Waals surface area contributed by atoms with Crippen molar-refractivity contribution in [3.63, 3.8) is 0 Å². The third kappa shape index (κ3) is 2.75. The maximum Gasteiger partial charge on any atom is 0.324 e. The fourth-order valence-electron chi connectivity index (χ4n) is 2.65. The third-order valence-electron chi connectivity index (χ3n) is 3.48. The van der Waals surface area contributed by atoms with Crippen LogP contribution in [0.2, 0.25) is 0 Å². The molecule has 17 heavy (non-hydrogen) atoms. The highest BCUT2D eigenvalue weighted by atomic mass is 16.4. The fourth-order valence-corrected chi connectivity index (χ4v) is 2.65. The Hall–Kier alpha value is -1.59. The Morgan fingerprint density at radius 3 is 2.53 bits per heavy atom. The standard InChI is InChI=1S/C11H16N2O4/c14-9(3-4-10(15)16)12-11(17)13-6-7-1-2-8(13)5-7/h7-8H,1-6H2,(H,15,16)(H,12,14,17). The Kier molecular flexibility index (Phi) is 3.31. The molecule has 0 aromatic rings. The van der Waals surface area contributed by atoms with Crippen molar-refractivity contribution in [1.82, 2.24) is 10.2 Å². The van der Waals surface area contributed by atoms with Gasteiger partial charge in [0.05, 0.1) is 6.42 Å². The fraction of sp³-hybridized carbons (Fsp3) is 0.727. The normalized spacial score (nSPS) is 26.0. The monoisotopic (exact) mass is 240 g/mol. The molecule has 1 aliphatic carbocycles. The first-order valence-electron chi connectivity index (χ1n) is 5.88. The number of amides is 3. The highest BCUT2D eigenvalue weighted by molar-refractivity contribution is 5.95. The summed E-state index contributed by atoms with van der Waals surface area (Å²) in [6, 6.07) is -0.0973. The van der Waals surface area contributed by atoms with Crippen molar-refractivity contribution >= 4 is 17.9 Å². The van der Waals surface area contributed by atoms with Crippen molar-refractivity contribution in [2.75, 3.05) is 6.54 Å². The summed E-state index contributed by atoms with van der Waals surface area (Å²) in [6.07, 6.45) is 2.83. The maximum atomic E-state index is 11.7. The van der Waals surface area contributed by atoms with Crippen LogP contribution in [-0.4, -0.2) is 40.5 Å². The molecule has 3 amide bonds. The lowest BCUT2D eigenvalue weighted by Crippen LogP contribution is -2.46. The molecule has 2 bridgehead atoms. The molecule has 2 fully saturated rings. The molecule has 2 atom stereocenters. The number of carboxylic acids is 1. The predicted molar refractivity (Wildman–Crippen MR) is 58.2 cm³/mol. The molecule has 0 radical (unpaired) electrons. The molecule has 0 spiro atoms. The number of carboxylic acid groups (broad SMARTS) is 1. The van der Waals surface area contributed by atoms with Crippen molar-refractivity contribution in [3.05, 3.63) is 0 Å². The molecule has 6 heteroatoms. The van der Waals surface area contributed by atoms with Gasteiger partial charge >= 0.3 is 12.0 Å². The van der Waals surface area contributed by atoms with E-state index in [9.17, 15) is 14.4 Å². The second kappa shape index (κ2) is 4.73. The topological polar surface area (TPSA) is 86.7 Å². The lowest BCUT2D eigenvalue weighted by molar-refractivity contribution is -0.138. The Morgan fingerprint density at radius 1 is 1.24 bits per heavy atom. The molecule has 6 nitrogen and oxygen atoms in total. The van der Waals surface area contributed by atoms with Gasteiger partial charge in [-0.25, -0.2) is 4.79 Å². The van der Waals surface area contributed by atoms with E-state index in [4.69, 9.17) is 5.11 Å². The molecule has 2 N–H and O–H groups in total. The van der Waals surface area contributed by atoms with Crippen LogP contribution in [-0.2, 0) is 9.59 Å². The first-order chi connectivity index (χ1) is 8.06. The molecule has 0 aromatic heterocycles. The molecular formula is C11H16N2O4. The maximum absolute atomic E-state index is 11.7. The van der Waals surface area contributed by atoms with Crippen LogP contribution in [0.5, 0.6) is 0 Å². The Bertz CT molecular complexity index is 355. The van der Waals surface area contributed by atoms with Crippen LogP contribution in [0.1, 0.15) is 32.1 Å². The summed E-state index contributed by atoms with van der Waals surface area (Å²) in [4.78, 5) is 35.0. The summed E-state index contributed by atoms with van der Waals surface area (Å²) < 4.78 is 0. The molecule has 2 rings (SSSR count). The van der Waals surface area contributed by atoms with Crippen molar-refractivity contribution in [3.8, 4) is 0 Å². The smallest absolute Gasteiger partial charge is 0.324 e. The van der Waals surface area contributed by atoms with E-state index in [0.29, 0.717) is 5.92 Å². The zero-order valence-electron chi connectivity index (χ0n) is 9.52. The van der Waals surface area contributed by atoms with Gasteiger partial charge in [0.1, 0.15) is 0 Å². The van der Waals surface area contributed by atoms with Gasteiger partial charge in [0.25, 0.3) is 0 Å². The number of fused-ring (bicyclic) bond motifs is 2. The second-order valence-corrected chi connectivity index (χ2v) is 4.73. The average molecular weight is 240 g/mol. The van der Waals surface area contributed by atoms with Crippen LogP contribution in [0.3, 0.4) is 0 Å². The van der Waals surface area contributed by atoms with E-state index in [1.54, 1.807) is 4.90 Å². The number of piperidine rings is 1. The number of nitrogens with one attached hydrogen (secondary N) is 1. The van der Waals surface area contributed by atoms with Gasteiger partial charge in [-0.2, -0.15) is 0 Å². The molecule has 1 saturated heterocycles. The van der Waals surface area contributed by atoms with Gasteiger partial charge in [-0.05, 0) is 25.2 Å². The van der Waals surface area contributed by atoms with E-state index < -0.39 is 11.9 Å². The number of hydrogen-bond acceptors (Lipinski definition) is 3. The molecule has 94 valence electrons. The summed E-state index contributed by atoms with van der Waals surface area (Å²) in [6.45, 7) is 0.725. The van der Waals surface area contributed by atoms with E-state index >= 15 is 0 Å². The molecule has 1 aliphatic heterocycles. The number of aliphatic carboxylic acids is 1. The average Bonchev–Trinajstić information content (AvgIpc) is 2.87. The Morgan fingerprint density at radius 2 is 2.00 bits per heavy atom. The molecule has 1 saturated carbocycles. The number of likely N-dealkylation sites (tertiary alicyclic amines) is 1. The highest BCUT2D eigenvalue weighted by Gasteiger charge is 2.40. The summed E-state index contributed by atoms with van der Waals surface area (Å²) >= 11 is 0. The summed E-state index contributed by atoms with van der Waals surface area (Å²) in [5, 5.41) is 10.7. The van der Waals surface area contributed by atoms with Gasteiger partial charge in [-0.1, -0.05) is 0 Å². The van der Waals surface area contributed by atoms with Crippen LogP contribution >= 0.6 is 0 Å². The van der Waals surface area contributed by atoms with Crippen LogP contribution in [0, 0.1) is 5.92 Å². The minimum absolute atomic E-state index is 0.150. The van der Waals surface area contributed by atoms with E-state index in [-0.39, 0.29) is 24.9 Å². The van der Waals surface area contributed by atoms with Crippen molar-refractivity contribution in [2.24, 2.45) is 5.92 Å². The first-order valence-corrected chi connectivity index (χ1v) is 5.88. The highest BCUT2D eigenvalue weighted by Crippen LogP contribution is 2.37. The minimum atomic E-state index is -1.03. The van der Waals surface area contributed by atoms with Crippen molar-refractivity contribution < 1.29 is 19.5 Å². The Labute approximate surface area is 99.0 Å². The first kappa shape index (κ1) is 11.9. The number of hydrogen-bond donors (Lipinski definition) is 2. The number of carbonyl (C=O) groups excluding carboxylic acids is 2. The number of urea groups is 1. The van der Waals surface area contributed by atoms with E-state index in [2.05, 4.69) is 5.32 Å². The summed E-state index contributed by atoms with van der Waals surface area (Å²) in [5.74, 6) is -0.965. The summed E-state index contributed by atoms with van der Waals surface area (Å²) in [7, 11) is 0. The van der Waals surface area contributed by atoms with Crippen LogP contribution in [0.4, 0.5) is 4.79 Å². The van der Waals surface area contributed by atoms with Crippen LogP contribution in [0.25, 0.3) is 0 Å². The van der Waals surface area contributed by atoms with Gasteiger partial charge in [-0.15, -0.1) is 0 Å². The zero-order chi connectivity index (χ0) is 12.4. The Balaban J connectivity index is 1.77. The number of rotatable bonds is 3. The molecule has 1 heterocycles. The summed E-state index contributed by atoms with van der Waals surface area (Å²) in [5.41, 5.74) is 0. The third-order valence-corrected chi connectivity index (χ3v) is 3.48. The number of nitrogens with zero attached hydrogens (tertiary/aromatic N) is 1. The lowest BCUT2D eigenvalue weighted by atomic mass is 10.1. The van der Waals surface area contributed by atoms with Gasteiger partial charge in [-0.3, -0.25) is 14.9 Å². The number of imide groups is 1. The van der Waals surface area contributed by atoms with Gasteiger partial charge < -0.3 is 10.0 Å². The largest absolute Gasteiger partial charge is 0.481 e. The van der Waals surface area contributed by atoms with E-state index in [0.717, 1.165) is 19.4 Å². The molecular weight excluding hydrogens is 224 g/mol. The number of carbonyl (C=O) groups is 3. The van der Waals surface area contributed by atoms with Gasteiger partial charge in [0.2, 0.25) is 5.91 Å². The zero-order valence-corrected chi connectivity index (χ0v) is 9.52. The van der Waals surface area contributed by atoms with E-state index in [1.807, 2.05) is 0 Å². The van der Waals surface area contributed by atoms with Crippen LogP contribution in [0.15, 0.2) is 0 Å². The quantitative estimate of drug-likeness (QED) is 0.755. The SMILES string of the molecule is O=C(O)CCC(=O)NC(=O)N1CC2CCC1C2.